The highest BCUT2D eigenvalue weighted by molar-refractivity contribution is 6.19. The smallest absolute Gasteiger partial charge is 0.291 e. The van der Waals surface area contributed by atoms with Crippen LogP contribution >= 0.6 is 0 Å². The number of hydrogen-bond donors (Lipinski definition) is 4. The van der Waals surface area contributed by atoms with Crippen LogP contribution in [0, 0.1) is 5.41 Å². The summed E-state index contributed by atoms with van der Waals surface area (Å²) in [5, 5.41) is 14.6. The molecule has 5 N–H and O–H groups in total. The number of carbonyl (C=O) groups is 1. The zero-order chi connectivity index (χ0) is 26.3. The zero-order valence-electron chi connectivity index (χ0n) is 20.3. The molecule has 0 aliphatic carbocycles. The van der Waals surface area contributed by atoms with E-state index in [1.807, 2.05) is 84.9 Å². The topological polar surface area (TPSA) is 138 Å². The van der Waals surface area contributed by atoms with E-state index < -0.39 is 12.1 Å². The number of amides is 1. The van der Waals surface area contributed by atoms with E-state index in [9.17, 15) is 4.79 Å². The SMILES string of the molecule is N=C(O/C(N)=N/C1N=C(c2ccccc2)c2ccccc2NC1=O)c1ccccc1NCc1ccccn1. The van der Waals surface area contributed by atoms with Gasteiger partial charge in [-0.2, -0.15) is 4.99 Å². The molecule has 188 valence electrons. The van der Waals surface area contributed by atoms with Gasteiger partial charge in [0.25, 0.3) is 11.9 Å². The molecule has 9 heteroatoms. The largest absolute Gasteiger partial charge is 0.407 e. The van der Waals surface area contributed by atoms with Crippen LogP contribution in [-0.4, -0.2) is 34.7 Å². The Balaban J connectivity index is 1.38. The number of carbonyl (C=O) groups excluding carboxylic acids is 1. The van der Waals surface area contributed by atoms with Gasteiger partial charge in [-0.15, -0.1) is 0 Å². The van der Waals surface area contributed by atoms with E-state index in [1.54, 1.807) is 18.3 Å². The van der Waals surface area contributed by atoms with Gasteiger partial charge in [0.05, 0.1) is 29.2 Å². The van der Waals surface area contributed by atoms with Crippen LogP contribution in [0.3, 0.4) is 0 Å². The molecule has 1 aromatic heterocycles. The molecule has 4 aromatic rings. The van der Waals surface area contributed by atoms with Gasteiger partial charge in [-0.05, 0) is 30.3 Å². The maximum Gasteiger partial charge on any atom is 0.291 e. The normalized spacial score (nSPS) is 14.9. The summed E-state index contributed by atoms with van der Waals surface area (Å²) in [5.41, 5.74) is 10.9. The van der Waals surface area contributed by atoms with Crippen LogP contribution in [0.5, 0.6) is 0 Å². The Bertz CT molecular complexity index is 1520. The highest BCUT2D eigenvalue weighted by Crippen LogP contribution is 2.24. The second kappa shape index (κ2) is 11.2. The first-order chi connectivity index (χ1) is 18.6. The number of nitrogens with zero attached hydrogens (tertiary/aromatic N) is 3. The van der Waals surface area contributed by atoms with E-state index >= 15 is 0 Å². The second-order valence-electron chi connectivity index (χ2n) is 8.37. The Morgan fingerprint density at radius 1 is 0.974 bits per heavy atom. The lowest BCUT2D eigenvalue weighted by molar-refractivity contribution is -0.117. The van der Waals surface area contributed by atoms with E-state index in [0.29, 0.717) is 29.2 Å². The molecule has 1 atom stereocenters. The highest BCUT2D eigenvalue weighted by atomic mass is 16.5. The molecule has 38 heavy (non-hydrogen) atoms. The van der Waals surface area contributed by atoms with Crippen molar-refractivity contribution in [3.63, 3.8) is 0 Å². The molecule has 0 spiro atoms. The summed E-state index contributed by atoms with van der Waals surface area (Å²) in [4.78, 5) is 26.2. The minimum atomic E-state index is -1.21. The van der Waals surface area contributed by atoms with Crippen molar-refractivity contribution in [2.45, 2.75) is 12.7 Å². The van der Waals surface area contributed by atoms with Gasteiger partial charge in [-0.25, -0.2) is 4.99 Å². The summed E-state index contributed by atoms with van der Waals surface area (Å²) in [6, 6.07) is 29.5. The van der Waals surface area contributed by atoms with Crippen LogP contribution in [0.2, 0.25) is 0 Å². The van der Waals surface area contributed by atoms with Crippen molar-refractivity contribution in [2.24, 2.45) is 15.7 Å². The van der Waals surface area contributed by atoms with Gasteiger partial charge in [-0.1, -0.05) is 66.7 Å². The summed E-state index contributed by atoms with van der Waals surface area (Å²) >= 11 is 0. The summed E-state index contributed by atoms with van der Waals surface area (Å²) < 4.78 is 5.55. The number of para-hydroxylation sites is 2. The van der Waals surface area contributed by atoms with Crippen molar-refractivity contribution in [3.8, 4) is 0 Å². The van der Waals surface area contributed by atoms with Crippen molar-refractivity contribution in [2.75, 3.05) is 10.6 Å². The first-order valence-electron chi connectivity index (χ1n) is 11.9. The Hall–Kier alpha value is -5.31. The van der Waals surface area contributed by atoms with Gasteiger partial charge >= 0.3 is 0 Å². The van der Waals surface area contributed by atoms with Gasteiger partial charge in [-0.3, -0.25) is 15.2 Å². The summed E-state index contributed by atoms with van der Waals surface area (Å²) in [5.74, 6) is -0.682. The van der Waals surface area contributed by atoms with Gasteiger partial charge in [0.1, 0.15) is 0 Å². The minimum Gasteiger partial charge on any atom is -0.407 e. The molecule has 1 aliphatic rings. The van der Waals surface area contributed by atoms with Crippen molar-refractivity contribution < 1.29 is 9.53 Å². The van der Waals surface area contributed by atoms with Crippen LogP contribution in [0.15, 0.2) is 113 Å². The fraction of sp³-hybridized carbons (Fsp3) is 0.0690. The predicted octanol–water partition coefficient (Wildman–Crippen LogP) is 4.17. The zero-order valence-corrected chi connectivity index (χ0v) is 20.3. The molecule has 0 radical (unpaired) electrons. The molecule has 5 rings (SSSR count). The number of anilines is 2. The first-order valence-corrected chi connectivity index (χ1v) is 11.9. The fourth-order valence-electron chi connectivity index (χ4n) is 3.99. The van der Waals surface area contributed by atoms with Crippen LogP contribution < -0.4 is 16.4 Å². The minimum absolute atomic E-state index is 0.222. The molecular weight excluding hydrogens is 478 g/mol. The number of ether oxygens (including phenoxy) is 1. The molecule has 1 unspecified atom stereocenters. The van der Waals surface area contributed by atoms with Crippen molar-refractivity contribution in [1.29, 1.82) is 5.41 Å². The van der Waals surface area contributed by atoms with Gasteiger partial charge < -0.3 is 21.1 Å². The van der Waals surface area contributed by atoms with Crippen LogP contribution in [0.25, 0.3) is 0 Å². The third-order valence-electron chi connectivity index (χ3n) is 5.79. The summed E-state index contributed by atoms with van der Waals surface area (Å²) in [6.45, 7) is 0.467. The number of aliphatic imine (C=N–C) groups is 2. The molecule has 9 nitrogen and oxygen atoms in total. The maximum absolute atomic E-state index is 13.0. The van der Waals surface area contributed by atoms with Crippen LogP contribution in [0.1, 0.15) is 22.4 Å². The van der Waals surface area contributed by atoms with Crippen molar-refractivity contribution in [3.05, 3.63) is 126 Å². The quantitative estimate of drug-likeness (QED) is 0.231. The number of amidine groups is 1. The number of nitrogens with two attached hydrogens (primary N) is 1. The van der Waals surface area contributed by atoms with E-state index in [0.717, 1.165) is 16.8 Å². The third kappa shape index (κ3) is 5.57. The maximum atomic E-state index is 13.0. The average Bonchev–Trinajstić information content (AvgIpc) is 3.09. The molecule has 2 heterocycles. The van der Waals surface area contributed by atoms with Crippen molar-refractivity contribution >= 4 is 34.9 Å². The lowest BCUT2D eigenvalue weighted by Crippen LogP contribution is -2.29. The molecule has 1 amide bonds. The molecule has 0 saturated heterocycles. The number of nitrogens with one attached hydrogen (secondary N) is 3. The number of benzene rings is 3. The number of aromatic nitrogens is 1. The number of rotatable bonds is 6. The highest BCUT2D eigenvalue weighted by Gasteiger charge is 2.26. The Labute approximate surface area is 219 Å². The number of benzodiazepines with no additional fused rings is 1. The van der Waals surface area contributed by atoms with E-state index in [2.05, 4.69) is 25.6 Å². The van der Waals surface area contributed by atoms with E-state index in [1.165, 1.54) is 0 Å². The molecule has 0 bridgehead atoms. The Kier molecular flexibility index (Phi) is 7.17. The summed E-state index contributed by atoms with van der Waals surface area (Å²) in [6.07, 6.45) is 0.516. The van der Waals surface area contributed by atoms with E-state index in [-0.39, 0.29) is 11.9 Å². The molecule has 3 aromatic carbocycles. The van der Waals surface area contributed by atoms with Gasteiger partial charge in [0.15, 0.2) is 0 Å². The summed E-state index contributed by atoms with van der Waals surface area (Å²) in [7, 11) is 0. The molecule has 0 saturated carbocycles. The van der Waals surface area contributed by atoms with Gasteiger partial charge in [0, 0.05) is 23.0 Å². The fourth-order valence-corrected chi connectivity index (χ4v) is 3.99. The average molecular weight is 504 g/mol. The third-order valence-corrected chi connectivity index (χ3v) is 5.79. The Morgan fingerprint density at radius 3 is 2.53 bits per heavy atom. The monoisotopic (exact) mass is 503 g/mol. The lowest BCUT2D eigenvalue weighted by atomic mass is 10.0. The standard InChI is InChI=1S/C29H25N7O2/c30-26(22-14-5-6-15-23(22)33-18-20-12-8-9-17-32-20)38-29(31)36-27-28(37)34-24-16-7-4-13-21(24)25(35-27)19-10-2-1-3-11-19/h1-17,27,30,33H,18H2,(H2,31,36)(H,34,37). The second-order valence-corrected chi connectivity index (χ2v) is 8.37. The Morgan fingerprint density at radius 2 is 1.71 bits per heavy atom. The number of fused-ring (bicyclic) bond motifs is 1. The van der Waals surface area contributed by atoms with Gasteiger partial charge in [0.2, 0.25) is 12.1 Å². The molecular formula is C29H25N7O2. The van der Waals surface area contributed by atoms with Crippen LogP contribution in [-0.2, 0) is 16.1 Å². The number of pyridine rings is 1. The van der Waals surface area contributed by atoms with Crippen molar-refractivity contribution in [1.82, 2.24) is 4.98 Å². The van der Waals surface area contributed by atoms with Crippen LogP contribution in [0.4, 0.5) is 11.4 Å². The van der Waals surface area contributed by atoms with E-state index in [4.69, 9.17) is 15.9 Å². The number of hydrogen-bond acceptors (Lipinski definition) is 7. The lowest BCUT2D eigenvalue weighted by Gasteiger charge is -2.13. The first kappa shape index (κ1) is 24.4. The molecule has 0 fully saturated rings. The predicted molar refractivity (Wildman–Crippen MR) is 148 cm³/mol. The molecule has 1 aliphatic heterocycles.